The maximum Gasteiger partial charge on any atom is 0.227 e. The molecule has 0 atom stereocenters. The van der Waals surface area contributed by atoms with Crippen LogP contribution in [0.15, 0.2) is 48.5 Å². The standard InChI is InChI=1S/C22H20ClN5O/c1-13-19(23)21-26-20(17-7-2-3-8-18(17)28(21)27-13)24-12-14-5-4-6-16(11-14)25-22(29)15-9-10-15/h2-8,11,15H,9-10,12H2,1H3,(H,24,26)(H,25,29). The van der Waals surface area contributed by atoms with E-state index in [0.29, 0.717) is 17.2 Å². The Kier molecular flexibility index (Phi) is 4.36. The monoisotopic (exact) mass is 405 g/mol. The predicted molar refractivity (Wildman–Crippen MR) is 115 cm³/mol. The van der Waals surface area contributed by atoms with Crippen molar-refractivity contribution in [2.24, 2.45) is 5.92 Å². The van der Waals surface area contributed by atoms with Crippen molar-refractivity contribution in [1.29, 1.82) is 0 Å². The number of para-hydroxylation sites is 1. The third kappa shape index (κ3) is 3.40. The molecule has 146 valence electrons. The Labute approximate surface area is 172 Å². The lowest BCUT2D eigenvalue weighted by Crippen LogP contribution is -2.13. The van der Waals surface area contributed by atoms with Crippen LogP contribution in [-0.2, 0) is 11.3 Å². The van der Waals surface area contributed by atoms with Gasteiger partial charge in [-0.1, -0.05) is 35.9 Å². The van der Waals surface area contributed by atoms with E-state index in [1.54, 1.807) is 4.52 Å². The summed E-state index contributed by atoms with van der Waals surface area (Å²) in [7, 11) is 0. The van der Waals surface area contributed by atoms with Crippen LogP contribution in [0.25, 0.3) is 16.6 Å². The first-order chi connectivity index (χ1) is 14.1. The molecule has 0 aliphatic heterocycles. The van der Waals surface area contributed by atoms with Gasteiger partial charge in [-0.15, -0.1) is 0 Å². The zero-order chi connectivity index (χ0) is 20.0. The summed E-state index contributed by atoms with van der Waals surface area (Å²) in [6.07, 6.45) is 1.98. The van der Waals surface area contributed by atoms with E-state index >= 15 is 0 Å². The summed E-state index contributed by atoms with van der Waals surface area (Å²) in [5, 5.41) is 12.5. The number of nitrogens with one attached hydrogen (secondary N) is 2. The summed E-state index contributed by atoms with van der Waals surface area (Å²) >= 11 is 6.42. The third-order valence-corrected chi connectivity index (χ3v) is 5.61. The maximum atomic E-state index is 12.0. The molecule has 2 aromatic carbocycles. The number of nitrogens with zero attached hydrogens (tertiary/aromatic N) is 3. The number of fused-ring (bicyclic) bond motifs is 3. The summed E-state index contributed by atoms with van der Waals surface area (Å²) in [5.41, 5.74) is 4.21. The van der Waals surface area contributed by atoms with E-state index in [1.165, 1.54) is 0 Å². The highest BCUT2D eigenvalue weighted by atomic mass is 35.5. The van der Waals surface area contributed by atoms with Gasteiger partial charge in [-0.25, -0.2) is 9.50 Å². The average molecular weight is 406 g/mol. The molecule has 1 amide bonds. The second-order valence-electron chi connectivity index (χ2n) is 7.43. The van der Waals surface area contributed by atoms with Crippen molar-refractivity contribution in [3.05, 3.63) is 64.8 Å². The number of carbonyl (C=O) groups is 1. The molecular formula is C22H20ClN5O. The number of benzene rings is 2. The molecule has 1 aliphatic carbocycles. The molecule has 2 aromatic heterocycles. The Morgan fingerprint density at radius 2 is 2.03 bits per heavy atom. The molecule has 0 spiro atoms. The van der Waals surface area contributed by atoms with Crippen LogP contribution >= 0.6 is 11.6 Å². The van der Waals surface area contributed by atoms with E-state index in [0.717, 1.165) is 46.5 Å². The number of halogens is 1. The molecule has 6 nitrogen and oxygen atoms in total. The lowest BCUT2D eigenvalue weighted by molar-refractivity contribution is -0.117. The fraction of sp³-hybridized carbons (Fsp3) is 0.227. The summed E-state index contributed by atoms with van der Waals surface area (Å²) in [6.45, 7) is 2.45. The Bertz CT molecular complexity index is 1240. The van der Waals surface area contributed by atoms with Crippen LogP contribution in [0.2, 0.25) is 5.02 Å². The van der Waals surface area contributed by atoms with E-state index in [1.807, 2.05) is 55.5 Å². The first-order valence-corrected chi connectivity index (χ1v) is 10.1. The normalized spacial score (nSPS) is 13.7. The van der Waals surface area contributed by atoms with Crippen LogP contribution < -0.4 is 10.6 Å². The van der Waals surface area contributed by atoms with Crippen LogP contribution in [0, 0.1) is 12.8 Å². The van der Waals surface area contributed by atoms with Crippen molar-refractivity contribution in [2.75, 3.05) is 10.6 Å². The number of carbonyl (C=O) groups excluding carboxylic acids is 1. The van der Waals surface area contributed by atoms with E-state index in [2.05, 4.69) is 15.7 Å². The topological polar surface area (TPSA) is 71.3 Å². The summed E-state index contributed by atoms with van der Waals surface area (Å²) in [6, 6.07) is 15.9. The Hall–Kier alpha value is -3.12. The van der Waals surface area contributed by atoms with Crippen molar-refractivity contribution in [2.45, 2.75) is 26.3 Å². The average Bonchev–Trinajstić information content (AvgIpc) is 3.54. The van der Waals surface area contributed by atoms with Gasteiger partial charge in [0.15, 0.2) is 5.65 Å². The smallest absolute Gasteiger partial charge is 0.227 e. The first kappa shape index (κ1) is 17.9. The minimum atomic E-state index is 0.110. The van der Waals surface area contributed by atoms with Crippen molar-refractivity contribution in [1.82, 2.24) is 14.6 Å². The van der Waals surface area contributed by atoms with Gasteiger partial charge < -0.3 is 10.6 Å². The van der Waals surface area contributed by atoms with Crippen molar-refractivity contribution in [3.8, 4) is 0 Å². The van der Waals surface area contributed by atoms with Gasteiger partial charge in [-0.05, 0) is 49.6 Å². The van der Waals surface area contributed by atoms with Gasteiger partial charge in [0.25, 0.3) is 0 Å². The van der Waals surface area contributed by atoms with Gasteiger partial charge >= 0.3 is 0 Å². The predicted octanol–water partition coefficient (Wildman–Crippen LogP) is 4.80. The quantitative estimate of drug-likeness (QED) is 0.500. The highest BCUT2D eigenvalue weighted by molar-refractivity contribution is 6.34. The van der Waals surface area contributed by atoms with Gasteiger partial charge in [-0.3, -0.25) is 4.79 Å². The lowest BCUT2D eigenvalue weighted by Gasteiger charge is -2.12. The molecule has 7 heteroatoms. The number of amides is 1. The van der Waals surface area contributed by atoms with Crippen molar-refractivity contribution < 1.29 is 4.79 Å². The Morgan fingerprint density at radius 3 is 2.86 bits per heavy atom. The van der Waals surface area contributed by atoms with Gasteiger partial charge in [0.2, 0.25) is 5.91 Å². The molecule has 1 saturated carbocycles. The number of aryl methyl sites for hydroxylation is 1. The van der Waals surface area contributed by atoms with Crippen LogP contribution in [0.3, 0.4) is 0 Å². The number of hydrogen-bond donors (Lipinski definition) is 2. The Balaban J connectivity index is 1.44. The highest BCUT2D eigenvalue weighted by Gasteiger charge is 2.29. The SMILES string of the molecule is Cc1nn2c(nc(NCc3cccc(NC(=O)C4CC4)c3)c3ccccc32)c1Cl. The molecule has 5 rings (SSSR count). The van der Waals surface area contributed by atoms with Crippen LogP contribution in [0.4, 0.5) is 11.5 Å². The summed E-state index contributed by atoms with van der Waals surface area (Å²) < 4.78 is 1.78. The molecule has 4 aromatic rings. The molecule has 0 radical (unpaired) electrons. The summed E-state index contributed by atoms with van der Waals surface area (Å²) in [5.74, 6) is 1.05. The number of anilines is 2. The molecule has 1 aliphatic rings. The number of aromatic nitrogens is 3. The van der Waals surface area contributed by atoms with Gasteiger partial charge in [0.1, 0.15) is 10.8 Å². The zero-order valence-electron chi connectivity index (χ0n) is 15.9. The molecule has 2 heterocycles. The number of hydrogen-bond acceptors (Lipinski definition) is 4. The minimum Gasteiger partial charge on any atom is -0.365 e. The second kappa shape index (κ2) is 7.04. The van der Waals surface area contributed by atoms with Crippen LogP contribution in [0.1, 0.15) is 24.1 Å². The fourth-order valence-electron chi connectivity index (χ4n) is 3.45. The van der Waals surface area contributed by atoms with Crippen LogP contribution in [0.5, 0.6) is 0 Å². The van der Waals surface area contributed by atoms with Crippen molar-refractivity contribution >= 4 is 45.6 Å². The largest absolute Gasteiger partial charge is 0.365 e. The molecular weight excluding hydrogens is 386 g/mol. The lowest BCUT2D eigenvalue weighted by atomic mass is 10.2. The summed E-state index contributed by atoms with van der Waals surface area (Å²) in [4.78, 5) is 16.7. The number of rotatable bonds is 5. The van der Waals surface area contributed by atoms with Gasteiger partial charge in [-0.2, -0.15) is 5.10 Å². The van der Waals surface area contributed by atoms with Crippen LogP contribution in [-0.4, -0.2) is 20.5 Å². The molecule has 0 saturated heterocycles. The van der Waals surface area contributed by atoms with Gasteiger partial charge in [0, 0.05) is 23.5 Å². The molecule has 2 N–H and O–H groups in total. The fourth-order valence-corrected chi connectivity index (χ4v) is 3.61. The van der Waals surface area contributed by atoms with E-state index in [9.17, 15) is 4.79 Å². The van der Waals surface area contributed by atoms with Gasteiger partial charge in [0.05, 0.1) is 11.2 Å². The van der Waals surface area contributed by atoms with E-state index in [4.69, 9.17) is 16.6 Å². The third-order valence-electron chi connectivity index (χ3n) is 5.17. The van der Waals surface area contributed by atoms with E-state index < -0.39 is 0 Å². The van der Waals surface area contributed by atoms with E-state index in [-0.39, 0.29) is 11.8 Å². The second-order valence-corrected chi connectivity index (χ2v) is 7.81. The van der Waals surface area contributed by atoms with Crippen molar-refractivity contribution in [3.63, 3.8) is 0 Å². The molecule has 0 unspecified atom stereocenters. The molecule has 0 bridgehead atoms. The highest BCUT2D eigenvalue weighted by Crippen LogP contribution is 2.31. The first-order valence-electron chi connectivity index (χ1n) is 9.67. The Morgan fingerprint density at radius 1 is 1.21 bits per heavy atom. The molecule has 29 heavy (non-hydrogen) atoms. The minimum absolute atomic E-state index is 0.110. The zero-order valence-corrected chi connectivity index (χ0v) is 16.7. The maximum absolute atomic E-state index is 12.0. The molecule has 1 fully saturated rings.